The van der Waals surface area contributed by atoms with Crippen molar-refractivity contribution < 1.29 is 24.1 Å². The van der Waals surface area contributed by atoms with Gasteiger partial charge in [0.25, 0.3) is 0 Å². The Morgan fingerprint density at radius 3 is 2.27 bits per heavy atom. The summed E-state index contributed by atoms with van der Waals surface area (Å²) in [5, 5.41) is 10.2. The van der Waals surface area contributed by atoms with E-state index in [1.165, 1.54) is 0 Å². The standard InChI is InChI=1S/C17H24O5/c1-10(18)13-9-12(19-2)7-6-11-8-14(20-3)16(21-4)17(22-5)15(11)13/h8-10,12,18H,6-7H2,1-5H3. The minimum absolute atomic E-state index is 0.0429. The maximum atomic E-state index is 10.2. The van der Waals surface area contributed by atoms with E-state index in [1.54, 1.807) is 35.4 Å². The lowest BCUT2D eigenvalue weighted by atomic mass is 9.94. The number of aliphatic hydroxyl groups excluding tert-OH is 1. The van der Waals surface area contributed by atoms with E-state index < -0.39 is 6.10 Å². The first kappa shape index (κ1) is 16.6. The molecule has 0 saturated carbocycles. The number of benzene rings is 1. The van der Waals surface area contributed by atoms with Crippen LogP contribution in [-0.2, 0) is 11.2 Å². The van der Waals surface area contributed by atoms with Crippen LogP contribution in [-0.4, -0.2) is 45.8 Å². The predicted octanol–water partition coefficient (Wildman–Crippen LogP) is 2.44. The lowest BCUT2D eigenvalue weighted by molar-refractivity contribution is 0.134. The second-order valence-electron chi connectivity index (χ2n) is 5.29. The number of aryl methyl sites for hydroxylation is 1. The fraction of sp³-hybridized carbons (Fsp3) is 0.529. The largest absolute Gasteiger partial charge is 0.493 e. The normalized spacial score (nSPS) is 18.8. The molecule has 5 heteroatoms. The third-order valence-electron chi connectivity index (χ3n) is 4.02. The lowest BCUT2D eigenvalue weighted by Gasteiger charge is -2.21. The first-order valence-electron chi connectivity index (χ1n) is 7.32. The van der Waals surface area contributed by atoms with E-state index >= 15 is 0 Å². The molecule has 0 aliphatic heterocycles. The van der Waals surface area contributed by atoms with Gasteiger partial charge in [0.05, 0.1) is 33.5 Å². The molecule has 122 valence electrons. The van der Waals surface area contributed by atoms with Crippen LogP contribution < -0.4 is 14.2 Å². The van der Waals surface area contributed by atoms with Gasteiger partial charge in [0.1, 0.15) is 0 Å². The van der Waals surface area contributed by atoms with Gasteiger partial charge >= 0.3 is 0 Å². The highest BCUT2D eigenvalue weighted by Gasteiger charge is 2.28. The van der Waals surface area contributed by atoms with Crippen molar-refractivity contribution in [2.45, 2.75) is 32.0 Å². The van der Waals surface area contributed by atoms with Gasteiger partial charge < -0.3 is 24.1 Å². The van der Waals surface area contributed by atoms with Gasteiger partial charge in [-0.2, -0.15) is 0 Å². The summed E-state index contributed by atoms with van der Waals surface area (Å²) in [5.41, 5.74) is 2.72. The molecule has 1 aliphatic carbocycles. The average molecular weight is 308 g/mol. The molecule has 0 aromatic heterocycles. The SMILES string of the molecule is COc1cc2c(c(OC)c1OC)C(C(C)O)=CC(OC)CC2. The predicted molar refractivity (Wildman–Crippen MR) is 84.9 cm³/mol. The van der Waals surface area contributed by atoms with Crippen LogP contribution in [0.25, 0.3) is 5.57 Å². The summed E-state index contributed by atoms with van der Waals surface area (Å²) in [6.07, 6.45) is 2.92. The van der Waals surface area contributed by atoms with E-state index in [9.17, 15) is 5.11 Å². The van der Waals surface area contributed by atoms with Crippen molar-refractivity contribution in [3.05, 3.63) is 23.3 Å². The van der Waals surface area contributed by atoms with Crippen LogP contribution >= 0.6 is 0 Å². The zero-order valence-corrected chi connectivity index (χ0v) is 13.8. The second-order valence-corrected chi connectivity index (χ2v) is 5.29. The summed E-state index contributed by atoms with van der Waals surface area (Å²) in [7, 11) is 6.45. The van der Waals surface area contributed by atoms with Crippen molar-refractivity contribution in [2.24, 2.45) is 0 Å². The monoisotopic (exact) mass is 308 g/mol. The van der Waals surface area contributed by atoms with Gasteiger partial charge in [0, 0.05) is 12.7 Å². The van der Waals surface area contributed by atoms with Gasteiger partial charge in [0.15, 0.2) is 11.5 Å². The third kappa shape index (κ3) is 2.91. The molecule has 0 bridgehead atoms. The van der Waals surface area contributed by atoms with Crippen molar-refractivity contribution >= 4 is 5.57 Å². The van der Waals surface area contributed by atoms with Crippen LogP contribution in [0.5, 0.6) is 17.2 Å². The maximum absolute atomic E-state index is 10.2. The van der Waals surface area contributed by atoms with E-state index in [-0.39, 0.29) is 6.10 Å². The van der Waals surface area contributed by atoms with Crippen LogP contribution in [0.4, 0.5) is 0 Å². The minimum Gasteiger partial charge on any atom is -0.493 e. The molecule has 0 amide bonds. The van der Waals surface area contributed by atoms with Crippen molar-refractivity contribution in [2.75, 3.05) is 28.4 Å². The molecule has 22 heavy (non-hydrogen) atoms. The summed E-state index contributed by atoms with van der Waals surface area (Å²) in [4.78, 5) is 0. The molecule has 0 fully saturated rings. The Morgan fingerprint density at radius 2 is 1.77 bits per heavy atom. The topological polar surface area (TPSA) is 57.2 Å². The van der Waals surface area contributed by atoms with Crippen molar-refractivity contribution in [3.63, 3.8) is 0 Å². The molecule has 1 aromatic rings. The van der Waals surface area contributed by atoms with Gasteiger partial charge in [-0.3, -0.25) is 0 Å². The van der Waals surface area contributed by atoms with Crippen LogP contribution in [0.1, 0.15) is 24.5 Å². The summed E-state index contributed by atoms with van der Waals surface area (Å²) in [6.45, 7) is 1.74. The molecule has 0 heterocycles. The number of methoxy groups -OCH3 is 4. The van der Waals surface area contributed by atoms with Crippen molar-refractivity contribution in [1.29, 1.82) is 0 Å². The van der Waals surface area contributed by atoms with Gasteiger partial charge in [0.2, 0.25) is 5.75 Å². The van der Waals surface area contributed by atoms with E-state index in [0.29, 0.717) is 17.2 Å². The van der Waals surface area contributed by atoms with E-state index in [4.69, 9.17) is 18.9 Å². The summed E-state index contributed by atoms with van der Waals surface area (Å²) >= 11 is 0. The van der Waals surface area contributed by atoms with Crippen LogP contribution in [0.3, 0.4) is 0 Å². The van der Waals surface area contributed by atoms with Crippen molar-refractivity contribution in [1.82, 2.24) is 0 Å². The van der Waals surface area contributed by atoms with Gasteiger partial charge in [-0.15, -0.1) is 0 Å². The molecule has 0 radical (unpaired) electrons. The Hall–Kier alpha value is -1.72. The number of fused-ring (bicyclic) bond motifs is 1. The Bertz CT molecular complexity index is 563. The lowest BCUT2D eigenvalue weighted by Crippen LogP contribution is -2.10. The summed E-state index contributed by atoms with van der Waals surface area (Å²) < 4.78 is 21.9. The Labute approximate surface area is 131 Å². The van der Waals surface area contributed by atoms with E-state index in [2.05, 4.69) is 0 Å². The second kappa shape index (κ2) is 7.03. The first-order valence-corrected chi connectivity index (χ1v) is 7.32. The number of ether oxygens (including phenoxy) is 4. The van der Waals surface area contributed by atoms with Crippen molar-refractivity contribution in [3.8, 4) is 17.2 Å². The first-order chi connectivity index (χ1) is 10.6. The summed E-state index contributed by atoms with van der Waals surface area (Å²) in [6, 6.07) is 1.95. The molecule has 5 nitrogen and oxygen atoms in total. The molecule has 0 saturated heterocycles. The number of aliphatic hydroxyl groups is 1. The molecule has 1 N–H and O–H groups in total. The smallest absolute Gasteiger partial charge is 0.203 e. The summed E-state index contributed by atoms with van der Waals surface area (Å²) in [5.74, 6) is 1.74. The molecule has 1 aromatic carbocycles. The van der Waals surface area contributed by atoms with E-state index in [0.717, 1.165) is 29.5 Å². The quantitative estimate of drug-likeness (QED) is 0.905. The van der Waals surface area contributed by atoms with E-state index in [1.807, 2.05) is 12.1 Å². The molecule has 1 aliphatic rings. The zero-order chi connectivity index (χ0) is 16.3. The fourth-order valence-corrected chi connectivity index (χ4v) is 2.92. The minimum atomic E-state index is -0.637. The molecular formula is C17H24O5. The molecular weight excluding hydrogens is 284 g/mol. The highest BCUT2D eigenvalue weighted by Crippen LogP contribution is 2.46. The van der Waals surface area contributed by atoms with Gasteiger partial charge in [-0.05, 0) is 43.0 Å². The Balaban J connectivity index is 2.73. The number of hydrogen-bond acceptors (Lipinski definition) is 5. The molecule has 2 atom stereocenters. The molecule has 0 spiro atoms. The van der Waals surface area contributed by atoms with Crippen LogP contribution in [0.2, 0.25) is 0 Å². The highest BCUT2D eigenvalue weighted by atomic mass is 16.5. The van der Waals surface area contributed by atoms with Gasteiger partial charge in [-0.1, -0.05) is 0 Å². The Kier molecular flexibility index (Phi) is 5.32. The zero-order valence-electron chi connectivity index (χ0n) is 13.8. The van der Waals surface area contributed by atoms with Crippen LogP contribution in [0, 0.1) is 0 Å². The molecule has 2 rings (SSSR count). The molecule has 2 unspecified atom stereocenters. The number of rotatable bonds is 5. The Morgan fingerprint density at radius 1 is 1.09 bits per heavy atom. The average Bonchev–Trinajstić information content (AvgIpc) is 2.72. The third-order valence-corrected chi connectivity index (χ3v) is 4.02. The fourth-order valence-electron chi connectivity index (χ4n) is 2.92. The van der Waals surface area contributed by atoms with Crippen LogP contribution in [0.15, 0.2) is 12.1 Å². The highest BCUT2D eigenvalue weighted by molar-refractivity contribution is 5.80. The van der Waals surface area contributed by atoms with Gasteiger partial charge in [-0.25, -0.2) is 0 Å². The maximum Gasteiger partial charge on any atom is 0.203 e. The number of hydrogen-bond donors (Lipinski definition) is 1.